The number of rotatable bonds is 6. The monoisotopic (exact) mass is 371 g/mol. The van der Waals surface area contributed by atoms with Crippen LogP contribution in [-0.2, 0) is 10.0 Å². The van der Waals surface area contributed by atoms with Gasteiger partial charge in [-0.2, -0.15) is 0 Å². The fraction of sp³-hybridized carbons (Fsp3) is 0.125. The smallest absolute Gasteiger partial charge is 0.264 e. The van der Waals surface area contributed by atoms with Crippen LogP contribution in [0, 0.1) is 0 Å². The number of methoxy groups -OCH3 is 1. The molecule has 0 amide bonds. The fourth-order valence-electron chi connectivity index (χ4n) is 2.00. The van der Waals surface area contributed by atoms with Crippen molar-refractivity contribution in [1.29, 1.82) is 0 Å². The van der Waals surface area contributed by atoms with Gasteiger partial charge in [0.05, 0.1) is 29.3 Å². The lowest BCUT2D eigenvalue weighted by Gasteiger charge is -2.23. The lowest BCUT2D eigenvalue weighted by Crippen LogP contribution is -2.31. The Hall–Kier alpha value is -1.69. The van der Waals surface area contributed by atoms with Crippen molar-refractivity contribution >= 4 is 38.9 Å². The quantitative estimate of drug-likeness (QED) is 0.707. The highest BCUT2D eigenvalue weighted by atomic mass is 35.5. The maximum atomic E-state index is 12.9. The van der Waals surface area contributed by atoms with Crippen LogP contribution < -0.4 is 9.04 Å². The molecule has 0 aliphatic heterocycles. The largest absolute Gasteiger partial charge is 0.495 e. The molecule has 7 heteroatoms. The Balaban J connectivity index is 2.50. The van der Waals surface area contributed by atoms with Crippen LogP contribution in [0.3, 0.4) is 0 Å². The van der Waals surface area contributed by atoms with E-state index in [-0.39, 0.29) is 11.4 Å². The number of benzene rings is 2. The first kappa shape index (κ1) is 17.7. The Bertz CT molecular complexity index is 805. The molecule has 0 radical (unpaired) electrons. The van der Waals surface area contributed by atoms with E-state index in [1.165, 1.54) is 47.8 Å². The number of hydrogen-bond acceptors (Lipinski definition) is 3. The van der Waals surface area contributed by atoms with E-state index in [4.69, 9.17) is 27.9 Å². The molecule has 2 rings (SSSR count). The van der Waals surface area contributed by atoms with E-state index in [9.17, 15) is 8.42 Å². The first-order chi connectivity index (χ1) is 10.9. The van der Waals surface area contributed by atoms with Crippen molar-refractivity contribution < 1.29 is 13.2 Å². The average molecular weight is 372 g/mol. The Labute approximate surface area is 145 Å². The van der Waals surface area contributed by atoms with Gasteiger partial charge in [0, 0.05) is 5.02 Å². The van der Waals surface area contributed by atoms with Gasteiger partial charge in [-0.15, -0.1) is 6.58 Å². The van der Waals surface area contributed by atoms with Gasteiger partial charge in [-0.25, -0.2) is 8.42 Å². The Morgan fingerprint density at radius 3 is 2.35 bits per heavy atom. The van der Waals surface area contributed by atoms with Crippen molar-refractivity contribution in [2.24, 2.45) is 0 Å². The summed E-state index contributed by atoms with van der Waals surface area (Å²) in [6.07, 6.45) is 1.51. The molecule has 0 saturated heterocycles. The van der Waals surface area contributed by atoms with Crippen LogP contribution in [0.2, 0.25) is 10.0 Å². The van der Waals surface area contributed by atoms with Gasteiger partial charge in [-0.05, 0) is 42.5 Å². The van der Waals surface area contributed by atoms with Crippen LogP contribution in [0.15, 0.2) is 60.0 Å². The number of sulfonamides is 1. The lowest BCUT2D eigenvalue weighted by molar-refractivity contribution is 0.415. The molecule has 23 heavy (non-hydrogen) atoms. The second-order valence-corrected chi connectivity index (χ2v) is 7.30. The molecule has 0 unspecified atom stereocenters. The van der Waals surface area contributed by atoms with Gasteiger partial charge in [-0.1, -0.05) is 29.3 Å². The summed E-state index contributed by atoms with van der Waals surface area (Å²) in [4.78, 5) is 0.135. The maximum Gasteiger partial charge on any atom is 0.264 e. The maximum absolute atomic E-state index is 12.9. The third kappa shape index (κ3) is 3.80. The zero-order chi connectivity index (χ0) is 17.0. The van der Waals surface area contributed by atoms with E-state index >= 15 is 0 Å². The first-order valence-electron chi connectivity index (χ1n) is 6.63. The molecule has 0 heterocycles. The highest BCUT2D eigenvalue weighted by molar-refractivity contribution is 7.92. The standard InChI is InChI=1S/C16H15Cl2NO3S/c1-3-10-19(13-6-9-16(22-2)15(18)11-13)23(20,21)14-7-4-12(17)5-8-14/h3-9,11H,1,10H2,2H3. The molecule has 2 aromatic carbocycles. The van der Waals surface area contributed by atoms with Crippen LogP contribution in [0.5, 0.6) is 5.75 Å². The molecular formula is C16H15Cl2NO3S. The molecule has 0 bridgehead atoms. The summed E-state index contributed by atoms with van der Waals surface area (Å²) in [5.74, 6) is 0.470. The molecule has 2 aromatic rings. The van der Waals surface area contributed by atoms with Gasteiger partial charge in [0.25, 0.3) is 10.0 Å². The Morgan fingerprint density at radius 1 is 1.17 bits per heavy atom. The molecule has 122 valence electrons. The van der Waals surface area contributed by atoms with Gasteiger partial charge in [0.15, 0.2) is 0 Å². The average Bonchev–Trinajstić information content (AvgIpc) is 2.52. The van der Waals surface area contributed by atoms with Crippen molar-refractivity contribution in [3.63, 3.8) is 0 Å². The molecule has 0 aliphatic carbocycles. The van der Waals surface area contributed by atoms with E-state index < -0.39 is 10.0 Å². The summed E-state index contributed by atoms with van der Waals surface area (Å²) in [5, 5.41) is 0.789. The second-order valence-electron chi connectivity index (χ2n) is 4.60. The summed E-state index contributed by atoms with van der Waals surface area (Å²) in [6, 6.07) is 10.8. The zero-order valence-electron chi connectivity index (χ0n) is 12.4. The summed E-state index contributed by atoms with van der Waals surface area (Å²) >= 11 is 11.9. The van der Waals surface area contributed by atoms with E-state index in [1.54, 1.807) is 12.1 Å². The lowest BCUT2D eigenvalue weighted by atomic mass is 10.3. The highest BCUT2D eigenvalue weighted by Crippen LogP contribution is 2.32. The van der Waals surface area contributed by atoms with Crippen molar-refractivity contribution in [3.05, 3.63) is 65.2 Å². The minimum absolute atomic E-state index is 0.105. The van der Waals surface area contributed by atoms with Gasteiger partial charge in [0.1, 0.15) is 5.75 Å². The van der Waals surface area contributed by atoms with Crippen LogP contribution >= 0.6 is 23.2 Å². The predicted molar refractivity (Wildman–Crippen MR) is 94.2 cm³/mol. The summed E-state index contributed by atoms with van der Waals surface area (Å²) in [5.41, 5.74) is 0.422. The minimum Gasteiger partial charge on any atom is -0.495 e. The van der Waals surface area contributed by atoms with Gasteiger partial charge >= 0.3 is 0 Å². The SMILES string of the molecule is C=CCN(c1ccc(OC)c(Cl)c1)S(=O)(=O)c1ccc(Cl)cc1. The molecule has 0 saturated carbocycles. The van der Waals surface area contributed by atoms with E-state index in [2.05, 4.69) is 6.58 Å². The topological polar surface area (TPSA) is 46.6 Å². The van der Waals surface area contributed by atoms with Crippen molar-refractivity contribution in [3.8, 4) is 5.75 Å². The highest BCUT2D eigenvalue weighted by Gasteiger charge is 2.24. The Kier molecular flexibility index (Phi) is 5.57. The normalized spacial score (nSPS) is 11.1. The third-order valence-electron chi connectivity index (χ3n) is 3.12. The molecule has 0 aliphatic rings. The summed E-state index contributed by atoms with van der Waals surface area (Å²) in [7, 11) is -2.27. The van der Waals surface area contributed by atoms with Crippen LogP contribution in [0.25, 0.3) is 0 Å². The van der Waals surface area contributed by atoms with Crippen LogP contribution in [0.4, 0.5) is 5.69 Å². The number of nitrogens with zero attached hydrogens (tertiary/aromatic N) is 1. The predicted octanol–water partition coefficient (Wildman–Crippen LogP) is 4.38. The number of hydrogen-bond donors (Lipinski definition) is 0. The van der Waals surface area contributed by atoms with Crippen molar-refractivity contribution in [2.45, 2.75) is 4.90 Å². The van der Waals surface area contributed by atoms with E-state index in [1.807, 2.05) is 0 Å². The van der Waals surface area contributed by atoms with E-state index in [0.717, 1.165) is 0 Å². The van der Waals surface area contributed by atoms with E-state index in [0.29, 0.717) is 21.5 Å². The molecule has 0 spiro atoms. The van der Waals surface area contributed by atoms with Crippen molar-refractivity contribution in [2.75, 3.05) is 18.0 Å². The molecule has 4 nitrogen and oxygen atoms in total. The molecular weight excluding hydrogens is 357 g/mol. The molecule has 0 fully saturated rings. The van der Waals surface area contributed by atoms with Gasteiger partial charge < -0.3 is 4.74 Å². The summed E-state index contributed by atoms with van der Waals surface area (Å²) in [6.45, 7) is 3.72. The first-order valence-corrected chi connectivity index (χ1v) is 8.82. The summed E-state index contributed by atoms with van der Waals surface area (Å²) < 4.78 is 32.0. The van der Waals surface area contributed by atoms with Gasteiger partial charge in [0.2, 0.25) is 0 Å². The Morgan fingerprint density at radius 2 is 1.83 bits per heavy atom. The molecule has 0 N–H and O–H groups in total. The number of halogens is 2. The van der Waals surface area contributed by atoms with Crippen molar-refractivity contribution in [1.82, 2.24) is 0 Å². The third-order valence-corrected chi connectivity index (χ3v) is 5.48. The second kappa shape index (κ2) is 7.25. The number of anilines is 1. The fourth-order valence-corrected chi connectivity index (χ4v) is 3.81. The van der Waals surface area contributed by atoms with Crippen LogP contribution in [-0.4, -0.2) is 22.1 Å². The number of ether oxygens (including phenoxy) is 1. The van der Waals surface area contributed by atoms with Gasteiger partial charge in [-0.3, -0.25) is 4.31 Å². The molecule has 0 atom stereocenters. The molecule has 0 aromatic heterocycles. The zero-order valence-corrected chi connectivity index (χ0v) is 14.7. The van der Waals surface area contributed by atoms with Crippen LogP contribution in [0.1, 0.15) is 0 Å². The minimum atomic E-state index is -3.77.